The van der Waals surface area contributed by atoms with E-state index in [1.165, 1.54) is 10.5 Å². The summed E-state index contributed by atoms with van der Waals surface area (Å²) in [6, 6.07) is 17.7. The molecule has 7 heteroatoms. The summed E-state index contributed by atoms with van der Waals surface area (Å²) in [4.78, 5) is 23.3. The number of nitrogens with zero attached hydrogens (tertiary/aromatic N) is 5. The van der Waals surface area contributed by atoms with Gasteiger partial charge < -0.3 is 14.6 Å². The second kappa shape index (κ2) is 6.80. The number of rotatable bonds is 4. The minimum Gasteiger partial charge on any atom is -0.385 e. The maximum atomic E-state index is 12.4. The second-order valence-corrected chi connectivity index (χ2v) is 5.93. The molecule has 25 heavy (non-hydrogen) atoms. The number of fused-ring (bicyclic) bond motifs is 1. The molecule has 1 amide bonds. The number of aromatic nitrogens is 3. The molecule has 128 valence electrons. The van der Waals surface area contributed by atoms with E-state index in [2.05, 4.69) is 27.3 Å². The van der Waals surface area contributed by atoms with E-state index in [0.29, 0.717) is 13.1 Å². The normalized spacial score (nSPS) is 14.7. The fourth-order valence-corrected chi connectivity index (χ4v) is 3.00. The van der Waals surface area contributed by atoms with E-state index in [1.807, 2.05) is 47.4 Å². The highest BCUT2D eigenvalue weighted by atomic mass is 16.7. The van der Waals surface area contributed by atoms with Crippen molar-refractivity contribution in [3.05, 3.63) is 54.6 Å². The zero-order valence-corrected chi connectivity index (χ0v) is 13.8. The molecule has 4 rings (SSSR count). The number of anilines is 1. The van der Waals surface area contributed by atoms with Gasteiger partial charge in [0.05, 0.1) is 0 Å². The summed E-state index contributed by atoms with van der Waals surface area (Å²) in [7, 11) is 0. The van der Waals surface area contributed by atoms with Crippen molar-refractivity contribution in [3.63, 3.8) is 0 Å². The van der Waals surface area contributed by atoms with Crippen molar-refractivity contribution in [2.75, 3.05) is 37.7 Å². The van der Waals surface area contributed by atoms with E-state index >= 15 is 0 Å². The van der Waals surface area contributed by atoms with Gasteiger partial charge in [-0.1, -0.05) is 35.2 Å². The molecular weight excluding hydrogens is 318 g/mol. The maximum Gasteiger partial charge on any atom is 0.263 e. The number of benzene rings is 2. The molecule has 2 heterocycles. The first-order valence-electron chi connectivity index (χ1n) is 8.33. The molecule has 1 fully saturated rings. The number of carbonyl (C=O) groups is 1. The number of carbonyl (C=O) groups excluding carboxylic acids is 1. The fourth-order valence-electron chi connectivity index (χ4n) is 3.00. The van der Waals surface area contributed by atoms with Crippen molar-refractivity contribution in [2.24, 2.45) is 0 Å². The van der Waals surface area contributed by atoms with Gasteiger partial charge in [0.1, 0.15) is 11.0 Å². The van der Waals surface area contributed by atoms with Crippen molar-refractivity contribution in [3.8, 4) is 0 Å². The van der Waals surface area contributed by atoms with Crippen LogP contribution in [0.5, 0.6) is 0 Å². The Hall–Kier alpha value is -3.09. The number of para-hydroxylation sites is 2. The van der Waals surface area contributed by atoms with Crippen LogP contribution in [-0.4, -0.2) is 58.8 Å². The summed E-state index contributed by atoms with van der Waals surface area (Å²) in [5, 5.41) is 7.94. The van der Waals surface area contributed by atoms with Gasteiger partial charge in [-0.15, -0.1) is 5.10 Å². The van der Waals surface area contributed by atoms with Crippen molar-refractivity contribution in [1.82, 2.24) is 20.1 Å². The van der Waals surface area contributed by atoms with Crippen LogP contribution >= 0.6 is 0 Å². The van der Waals surface area contributed by atoms with E-state index in [4.69, 9.17) is 4.84 Å². The average molecular weight is 337 g/mol. The van der Waals surface area contributed by atoms with Gasteiger partial charge >= 0.3 is 0 Å². The SMILES string of the molecule is O=C(COn1nnc2ccccc21)N1CCN(c2ccccc2)CC1. The molecule has 2 aromatic carbocycles. The van der Waals surface area contributed by atoms with Crippen LogP contribution in [0.2, 0.25) is 0 Å². The molecule has 0 saturated carbocycles. The molecule has 1 aromatic heterocycles. The van der Waals surface area contributed by atoms with E-state index in [-0.39, 0.29) is 12.5 Å². The van der Waals surface area contributed by atoms with Gasteiger partial charge in [-0.25, -0.2) is 0 Å². The summed E-state index contributed by atoms with van der Waals surface area (Å²) in [6.45, 7) is 2.98. The van der Waals surface area contributed by atoms with Crippen LogP contribution in [0.15, 0.2) is 54.6 Å². The lowest BCUT2D eigenvalue weighted by Gasteiger charge is -2.36. The Morgan fingerprint density at radius 2 is 1.68 bits per heavy atom. The van der Waals surface area contributed by atoms with Crippen LogP contribution in [-0.2, 0) is 4.79 Å². The first-order chi connectivity index (χ1) is 12.3. The Labute approximate surface area is 145 Å². The Morgan fingerprint density at radius 1 is 0.960 bits per heavy atom. The highest BCUT2D eigenvalue weighted by Gasteiger charge is 2.22. The lowest BCUT2D eigenvalue weighted by atomic mass is 10.2. The highest BCUT2D eigenvalue weighted by Crippen LogP contribution is 2.15. The molecular formula is C18H19N5O2. The van der Waals surface area contributed by atoms with Crippen molar-refractivity contribution in [1.29, 1.82) is 0 Å². The lowest BCUT2D eigenvalue weighted by Crippen LogP contribution is -2.50. The molecule has 0 aliphatic carbocycles. The molecule has 1 saturated heterocycles. The average Bonchev–Trinajstić information content (AvgIpc) is 3.10. The Bertz CT molecular complexity index is 856. The summed E-state index contributed by atoms with van der Waals surface area (Å²) in [5.74, 6) is -0.0349. The number of hydrogen-bond acceptors (Lipinski definition) is 5. The predicted octanol–water partition coefficient (Wildman–Crippen LogP) is 1.21. The van der Waals surface area contributed by atoms with Crippen LogP contribution in [0.25, 0.3) is 11.0 Å². The molecule has 0 unspecified atom stereocenters. The fraction of sp³-hybridized carbons (Fsp3) is 0.278. The van der Waals surface area contributed by atoms with Gasteiger partial charge in [0.25, 0.3) is 5.91 Å². The minimum atomic E-state index is -0.0430. The van der Waals surface area contributed by atoms with Gasteiger partial charge in [-0.3, -0.25) is 4.79 Å². The first kappa shape index (κ1) is 15.4. The third kappa shape index (κ3) is 3.26. The van der Waals surface area contributed by atoms with E-state index < -0.39 is 0 Å². The second-order valence-electron chi connectivity index (χ2n) is 5.93. The Kier molecular flexibility index (Phi) is 4.20. The van der Waals surface area contributed by atoms with E-state index in [1.54, 1.807) is 0 Å². The summed E-state index contributed by atoms with van der Waals surface area (Å²) in [6.07, 6.45) is 0. The molecule has 0 bridgehead atoms. The summed E-state index contributed by atoms with van der Waals surface area (Å²) < 4.78 is 0. The molecule has 3 aromatic rings. The summed E-state index contributed by atoms with van der Waals surface area (Å²) in [5.41, 5.74) is 2.69. The van der Waals surface area contributed by atoms with Gasteiger partial charge in [0, 0.05) is 31.9 Å². The van der Waals surface area contributed by atoms with Crippen LogP contribution in [0, 0.1) is 0 Å². The standard InChI is InChI=1S/C18H19N5O2/c24-18(14-25-23-17-9-5-4-8-16(17)19-20-23)22-12-10-21(11-13-22)15-6-2-1-3-7-15/h1-9H,10-14H2. The number of piperazine rings is 1. The zero-order chi connectivity index (χ0) is 17.1. The molecule has 0 atom stereocenters. The van der Waals surface area contributed by atoms with Crippen LogP contribution in [0.4, 0.5) is 5.69 Å². The Morgan fingerprint density at radius 3 is 2.48 bits per heavy atom. The molecule has 0 spiro atoms. The molecule has 1 aliphatic rings. The molecule has 0 radical (unpaired) electrons. The van der Waals surface area contributed by atoms with Crippen LogP contribution < -0.4 is 9.74 Å². The lowest BCUT2D eigenvalue weighted by molar-refractivity contribution is -0.137. The van der Waals surface area contributed by atoms with Gasteiger partial charge in [-0.2, -0.15) is 0 Å². The molecule has 0 N–H and O–H groups in total. The van der Waals surface area contributed by atoms with Crippen LogP contribution in [0.1, 0.15) is 0 Å². The van der Waals surface area contributed by atoms with Crippen molar-refractivity contribution in [2.45, 2.75) is 0 Å². The largest absolute Gasteiger partial charge is 0.385 e. The van der Waals surface area contributed by atoms with Gasteiger partial charge in [-0.05, 0) is 29.5 Å². The maximum absolute atomic E-state index is 12.4. The Balaban J connectivity index is 1.32. The van der Waals surface area contributed by atoms with Gasteiger partial charge in [0.2, 0.25) is 0 Å². The first-order valence-corrected chi connectivity index (χ1v) is 8.33. The van der Waals surface area contributed by atoms with Crippen LogP contribution in [0.3, 0.4) is 0 Å². The predicted molar refractivity (Wildman–Crippen MR) is 94.2 cm³/mol. The molecule has 7 nitrogen and oxygen atoms in total. The van der Waals surface area contributed by atoms with E-state index in [9.17, 15) is 4.79 Å². The summed E-state index contributed by atoms with van der Waals surface area (Å²) >= 11 is 0. The van der Waals surface area contributed by atoms with Crippen molar-refractivity contribution >= 4 is 22.6 Å². The minimum absolute atomic E-state index is 0.0349. The van der Waals surface area contributed by atoms with Gasteiger partial charge in [0.15, 0.2) is 6.61 Å². The van der Waals surface area contributed by atoms with E-state index in [0.717, 1.165) is 24.1 Å². The third-order valence-electron chi connectivity index (χ3n) is 4.39. The quantitative estimate of drug-likeness (QED) is 0.716. The number of hydrogen-bond donors (Lipinski definition) is 0. The third-order valence-corrected chi connectivity index (χ3v) is 4.39. The highest BCUT2D eigenvalue weighted by molar-refractivity contribution is 5.78. The molecule has 1 aliphatic heterocycles. The van der Waals surface area contributed by atoms with Crippen molar-refractivity contribution < 1.29 is 9.63 Å². The monoisotopic (exact) mass is 337 g/mol. The number of amides is 1. The smallest absolute Gasteiger partial charge is 0.263 e. The topological polar surface area (TPSA) is 63.5 Å². The zero-order valence-electron chi connectivity index (χ0n) is 13.8.